The molecule has 5 nitrogen and oxygen atoms in total. The average Bonchev–Trinajstić information content (AvgIpc) is 3.10. The number of hydrogen-bond acceptors (Lipinski definition) is 4. The Bertz CT molecular complexity index is 908. The van der Waals surface area contributed by atoms with Crippen LogP contribution in [0.25, 0.3) is 11.4 Å². The zero-order chi connectivity index (χ0) is 19.2. The van der Waals surface area contributed by atoms with E-state index in [1.807, 2.05) is 55.5 Å². The van der Waals surface area contributed by atoms with Gasteiger partial charge in [-0.05, 0) is 31.9 Å². The Morgan fingerprint density at radius 2 is 1.81 bits per heavy atom. The van der Waals surface area contributed by atoms with E-state index in [0.29, 0.717) is 5.75 Å². The Hall–Kier alpha value is -2.60. The zero-order valence-electron chi connectivity index (χ0n) is 15.8. The summed E-state index contributed by atoms with van der Waals surface area (Å²) in [6.45, 7) is 6.87. The van der Waals surface area contributed by atoms with Gasteiger partial charge in [-0.2, -0.15) is 0 Å². The molecule has 1 aromatic heterocycles. The predicted octanol–water partition coefficient (Wildman–Crippen LogP) is 4.24. The van der Waals surface area contributed by atoms with Crippen LogP contribution in [0.1, 0.15) is 31.0 Å². The Morgan fingerprint density at radius 1 is 1.11 bits per heavy atom. The highest BCUT2D eigenvalue weighted by molar-refractivity contribution is 7.99. The van der Waals surface area contributed by atoms with Crippen LogP contribution >= 0.6 is 11.8 Å². The van der Waals surface area contributed by atoms with Gasteiger partial charge >= 0.3 is 0 Å². The number of aromatic nitrogens is 3. The highest BCUT2D eigenvalue weighted by Crippen LogP contribution is 2.26. The molecule has 0 radical (unpaired) electrons. The molecule has 1 heterocycles. The van der Waals surface area contributed by atoms with Gasteiger partial charge in [0.1, 0.15) is 0 Å². The largest absolute Gasteiger partial charge is 0.349 e. The van der Waals surface area contributed by atoms with Crippen molar-refractivity contribution in [2.24, 2.45) is 0 Å². The van der Waals surface area contributed by atoms with Crippen LogP contribution in [0.2, 0.25) is 0 Å². The molecule has 0 unspecified atom stereocenters. The summed E-state index contributed by atoms with van der Waals surface area (Å²) in [6.07, 6.45) is 0. The van der Waals surface area contributed by atoms with Crippen molar-refractivity contribution >= 4 is 17.7 Å². The molecule has 0 aliphatic rings. The molecule has 1 N–H and O–H groups in total. The van der Waals surface area contributed by atoms with Crippen LogP contribution in [0.4, 0.5) is 0 Å². The fourth-order valence-electron chi connectivity index (χ4n) is 2.94. The summed E-state index contributed by atoms with van der Waals surface area (Å²) in [5, 5.41) is 12.5. The van der Waals surface area contributed by atoms with Gasteiger partial charge in [0.2, 0.25) is 5.91 Å². The van der Waals surface area contributed by atoms with Crippen molar-refractivity contribution in [2.45, 2.75) is 38.5 Å². The number of nitrogens with zero attached hydrogens (tertiary/aromatic N) is 3. The van der Waals surface area contributed by atoms with E-state index in [-0.39, 0.29) is 11.9 Å². The Balaban J connectivity index is 1.66. The average molecular weight is 381 g/mol. The van der Waals surface area contributed by atoms with E-state index < -0.39 is 0 Å². The second kappa shape index (κ2) is 8.86. The number of thioether (sulfide) groups is 1. The standard InChI is InChI=1S/C21H24N4OS/c1-4-25-20(18-13-9-8-10-15(18)2)23-24-21(25)27-14-19(26)22-16(3)17-11-6-5-7-12-17/h5-13,16H,4,14H2,1-3H3,(H,22,26)/t16-/m1/s1. The maximum Gasteiger partial charge on any atom is 0.230 e. The highest BCUT2D eigenvalue weighted by atomic mass is 32.2. The molecular weight excluding hydrogens is 356 g/mol. The molecule has 0 saturated carbocycles. The molecule has 27 heavy (non-hydrogen) atoms. The summed E-state index contributed by atoms with van der Waals surface area (Å²) in [5.41, 5.74) is 3.32. The summed E-state index contributed by atoms with van der Waals surface area (Å²) in [4.78, 5) is 12.3. The molecule has 0 aliphatic carbocycles. The fourth-order valence-corrected chi connectivity index (χ4v) is 3.76. The van der Waals surface area contributed by atoms with E-state index in [1.54, 1.807) is 0 Å². The first-order chi connectivity index (χ1) is 13.1. The summed E-state index contributed by atoms with van der Waals surface area (Å²) in [6, 6.07) is 18.1. The smallest absolute Gasteiger partial charge is 0.230 e. The quantitative estimate of drug-likeness (QED) is 0.623. The van der Waals surface area contributed by atoms with Gasteiger partial charge in [-0.15, -0.1) is 10.2 Å². The molecule has 6 heteroatoms. The third-order valence-electron chi connectivity index (χ3n) is 4.43. The minimum absolute atomic E-state index is 0.0144. The van der Waals surface area contributed by atoms with Crippen molar-refractivity contribution in [3.63, 3.8) is 0 Å². The summed E-state index contributed by atoms with van der Waals surface area (Å²) < 4.78 is 2.06. The van der Waals surface area contributed by atoms with Gasteiger partial charge in [0.15, 0.2) is 11.0 Å². The molecule has 0 fully saturated rings. The van der Waals surface area contributed by atoms with Crippen LogP contribution in [-0.4, -0.2) is 26.4 Å². The minimum Gasteiger partial charge on any atom is -0.349 e. The van der Waals surface area contributed by atoms with Crippen molar-refractivity contribution in [2.75, 3.05) is 5.75 Å². The Morgan fingerprint density at radius 3 is 2.52 bits per heavy atom. The van der Waals surface area contributed by atoms with E-state index in [0.717, 1.165) is 34.2 Å². The van der Waals surface area contributed by atoms with Crippen molar-refractivity contribution < 1.29 is 4.79 Å². The molecule has 1 amide bonds. The number of carbonyl (C=O) groups is 1. The van der Waals surface area contributed by atoms with Gasteiger partial charge in [-0.1, -0.05) is 66.4 Å². The lowest BCUT2D eigenvalue weighted by Gasteiger charge is -2.14. The predicted molar refractivity (Wildman–Crippen MR) is 110 cm³/mol. The Kier molecular flexibility index (Phi) is 6.29. The van der Waals surface area contributed by atoms with Gasteiger partial charge in [0.05, 0.1) is 11.8 Å². The van der Waals surface area contributed by atoms with Crippen molar-refractivity contribution in [1.29, 1.82) is 0 Å². The van der Waals surface area contributed by atoms with Gasteiger partial charge in [0, 0.05) is 12.1 Å². The van der Waals surface area contributed by atoms with Gasteiger partial charge in [0.25, 0.3) is 0 Å². The molecular formula is C21H24N4OS. The van der Waals surface area contributed by atoms with Crippen molar-refractivity contribution in [3.05, 3.63) is 65.7 Å². The fraction of sp³-hybridized carbons (Fsp3) is 0.286. The number of amides is 1. The van der Waals surface area contributed by atoms with E-state index in [9.17, 15) is 4.79 Å². The van der Waals surface area contributed by atoms with E-state index >= 15 is 0 Å². The number of hydrogen-bond donors (Lipinski definition) is 1. The number of benzene rings is 2. The molecule has 3 rings (SSSR count). The lowest BCUT2D eigenvalue weighted by atomic mass is 10.1. The van der Waals surface area contributed by atoms with Crippen LogP contribution in [0.5, 0.6) is 0 Å². The monoisotopic (exact) mass is 380 g/mol. The zero-order valence-corrected chi connectivity index (χ0v) is 16.7. The normalized spacial score (nSPS) is 12.0. The first-order valence-electron chi connectivity index (χ1n) is 9.06. The van der Waals surface area contributed by atoms with Crippen LogP contribution in [0.3, 0.4) is 0 Å². The van der Waals surface area contributed by atoms with E-state index in [1.165, 1.54) is 11.8 Å². The number of aryl methyl sites for hydroxylation is 1. The van der Waals surface area contributed by atoms with Gasteiger partial charge in [-0.25, -0.2) is 0 Å². The highest BCUT2D eigenvalue weighted by Gasteiger charge is 2.16. The van der Waals surface area contributed by atoms with Gasteiger partial charge < -0.3 is 9.88 Å². The molecule has 3 aromatic rings. The molecule has 140 valence electrons. The summed E-state index contributed by atoms with van der Waals surface area (Å²) >= 11 is 1.42. The minimum atomic E-state index is -0.0223. The molecule has 0 bridgehead atoms. The topological polar surface area (TPSA) is 59.8 Å². The molecule has 0 spiro atoms. The summed E-state index contributed by atoms with van der Waals surface area (Å²) in [7, 11) is 0. The molecule has 0 saturated heterocycles. The first kappa shape index (κ1) is 19.2. The van der Waals surface area contributed by atoms with Crippen molar-refractivity contribution in [1.82, 2.24) is 20.1 Å². The number of carbonyl (C=O) groups excluding carboxylic acids is 1. The first-order valence-corrected chi connectivity index (χ1v) is 10.0. The summed E-state index contributed by atoms with van der Waals surface area (Å²) in [5.74, 6) is 1.14. The number of nitrogens with one attached hydrogen (secondary N) is 1. The van der Waals surface area contributed by atoms with Crippen molar-refractivity contribution in [3.8, 4) is 11.4 Å². The van der Waals surface area contributed by atoms with Crippen LogP contribution < -0.4 is 5.32 Å². The Labute approximate surface area is 164 Å². The van der Waals surface area contributed by atoms with E-state index in [4.69, 9.17) is 0 Å². The van der Waals surface area contributed by atoms with Crippen LogP contribution in [0, 0.1) is 6.92 Å². The second-order valence-corrected chi connectivity index (χ2v) is 7.30. The van der Waals surface area contributed by atoms with Crippen LogP contribution in [-0.2, 0) is 11.3 Å². The van der Waals surface area contributed by atoms with Gasteiger partial charge in [-0.3, -0.25) is 4.79 Å². The third kappa shape index (κ3) is 4.57. The van der Waals surface area contributed by atoms with Crippen LogP contribution in [0.15, 0.2) is 59.8 Å². The SMILES string of the molecule is CCn1c(SCC(=O)N[C@H](C)c2ccccc2)nnc1-c1ccccc1C. The molecule has 0 aliphatic heterocycles. The lowest BCUT2D eigenvalue weighted by molar-refractivity contribution is -0.119. The molecule has 2 aromatic carbocycles. The second-order valence-electron chi connectivity index (χ2n) is 6.35. The third-order valence-corrected chi connectivity index (χ3v) is 5.40. The van der Waals surface area contributed by atoms with E-state index in [2.05, 4.69) is 40.0 Å². The lowest BCUT2D eigenvalue weighted by Crippen LogP contribution is -2.28. The maximum absolute atomic E-state index is 12.3. The molecule has 1 atom stereocenters. The number of rotatable bonds is 7. The maximum atomic E-state index is 12.3.